The average molecular weight is 381 g/mol. The third kappa shape index (κ3) is 5.68. The molecule has 0 radical (unpaired) electrons. The number of hydrogen-bond donors (Lipinski definition) is 1. The summed E-state index contributed by atoms with van der Waals surface area (Å²) in [5, 5.41) is 10.3. The molecule has 0 rings (SSSR count). The fourth-order valence-electron chi connectivity index (χ4n) is 2.86. The summed E-state index contributed by atoms with van der Waals surface area (Å²) in [7, 11) is -2.34. The Balaban J connectivity index is 6.34. The van der Waals surface area contributed by atoms with Gasteiger partial charge in [-0.1, -0.05) is 51.0 Å². The molecule has 0 saturated carbocycles. The summed E-state index contributed by atoms with van der Waals surface area (Å²) < 4.78 is 6.66. The molecule has 150 valence electrons. The molecule has 3 nitrogen and oxygen atoms in total. The first-order valence-electron chi connectivity index (χ1n) is 9.39. The Bertz CT molecular complexity index is 564. The lowest BCUT2D eigenvalue weighted by molar-refractivity contribution is -0.167. The van der Waals surface area contributed by atoms with Gasteiger partial charge in [0.25, 0.3) is 0 Å². The van der Waals surface area contributed by atoms with Gasteiger partial charge in [0.15, 0.2) is 13.9 Å². The quantitative estimate of drug-likeness (QED) is 0.337. The summed E-state index contributed by atoms with van der Waals surface area (Å²) in [4.78, 5) is 12.7. The summed E-state index contributed by atoms with van der Waals surface area (Å²) in [5.74, 6) is -0.926. The maximum Gasteiger partial charge on any atom is 0.336 e. The predicted octanol–water partition coefficient (Wildman–Crippen LogP) is 6.74. The minimum Gasteiger partial charge on any atom is -0.479 e. The maximum atomic E-state index is 12.7. The summed E-state index contributed by atoms with van der Waals surface area (Å²) in [6, 6.07) is 0. The lowest BCUT2D eigenvalue weighted by atomic mass is 9.67. The fourth-order valence-corrected chi connectivity index (χ4v) is 4.43. The molecule has 0 bridgehead atoms. The minimum absolute atomic E-state index is 0.0925. The van der Waals surface area contributed by atoms with E-state index in [-0.39, 0.29) is 11.5 Å². The zero-order valence-electron chi connectivity index (χ0n) is 18.5. The highest BCUT2D eigenvalue weighted by atomic mass is 28.4. The van der Waals surface area contributed by atoms with Gasteiger partial charge in [-0.2, -0.15) is 0 Å². The molecule has 0 aromatic rings. The second kappa shape index (κ2) is 8.70. The van der Waals surface area contributed by atoms with Crippen molar-refractivity contribution >= 4 is 14.3 Å². The monoisotopic (exact) mass is 380 g/mol. The van der Waals surface area contributed by atoms with Gasteiger partial charge in [0.2, 0.25) is 0 Å². The third-order valence-electron chi connectivity index (χ3n) is 5.72. The van der Waals surface area contributed by atoms with Gasteiger partial charge >= 0.3 is 5.97 Å². The lowest BCUT2D eigenvalue weighted by Gasteiger charge is -2.51. The number of carbonyl (C=O) groups is 1. The van der Waals surface area contributed by atoms with Crippen molar-refractivity contribution < 1.29 is 14.3 Å². The minimum atomic E-state index is -2.34. The summed E-state index contributed by atoms with van der Waals surface area (Å²) in [5.41, 5.74) is -0.0397. The van der Waals surface area contributed by atoms with Crippen molar-refractivity contribution in [2.75, 3.05) is 0 Å². The third-order valence-corrected chi connectivity index (χ3v) is 10.2. The van der Waals surface area contributed by atoms with Crippen LogP contribution >= 0.6 is 0 Å². The van der Waals surface area contributed by atoms with E-state index < -0.39 is 25.3 Å². The summed E-state index contributed by atoms with van der Waals surface area (Å²) in [6.45, 7) is 26.5. The molecule has 2 atom stereocenters. The van der Waals surface area contributed by atoms with Crippen molar-refractivity contribution in [1.82, 2.24) is 0 Å². The Morgan fingerprint density at radius 3 is 1.96 bits per heavy atom. The molecule has 0 aromatic carbocycles. The Morgan fingerprint density at radius 1 is 1.15 bits per heavy atom. The van der Waals surface area contributed by atoms with Crippen LogP contribution in [-0.2, 0) is 9.22 Å². The fraction of sp³-hybridized carbons (Fsp3) is 0.682. The van der Waals surface area contributed by atoms with Crippen LogP contribution < -0.4 is 0 Å². The SMILES string of the molecule is C=C[C@@](C)(CCC=C(C)C)[C@](CC(=C)C)(O[Si](C)(C)C(C)(C)C)C(=O)O. The summed E-state index contributed by atoms with van der Waals surface area (Å²) in [6.07, 6.45) is 5.65. The normalized spacial score (nSPS) is 17.0. The highest BCUT2D eigenvalue weighted by molar-refractivity contribution is 6.74. The van der Waals surface area contributed by atoms with Crippen LogP contribution in [0.5, 0.6) is 0 Å². The predicted molar refractivity (Wildman–Crippen MR) is 115 cm³/mol. The van der Waals surface area contributed by atoms with Crippen molar-refractivity contribution in [3.8, 4) is 0 Å². The molecule has 4 heteroatoms. The van der Waals surface area contributed by atoms with E-state index in [1.165, 1.54) is 5.57 Å². The van der Waals surface area contributed by atoms with E-state index in [9.17, 15) is 9.90 Å². The zero-order chi connectivity index (χ0) is 21.0. The van der Waals surface area contributed by atoms with Crippen molar-refractivity contribution in [1.29, 1.82) is 0 Å². The molecule has 0 saturated heterocycles. The molecule has 0 spiro atoms. The van der Waals surface area contributed by atoms with E-state index in [0.29, 0.717) is 6.42 Å². The standard InChI is InChI=1S/C22H40O3Si/c1-12-21(9,15-13-14-17(2)3)22(19(23)24,16-18(4)5)25-26(10,11)20(6,7)8/h12,14H,1,4,13,15-16H2,2-3,5-11H3,(H,23,24)/t21-,22+/m0/s1. The molecule has 0 aromatic heterocycles. The first-order valence-corrected chi connectivity index (χ1v) is 12.3. The van der Waals surface area contributed by atoms with Crippen LogP contribution in [0.1, 0.15) is 67.7 Å². The van der Waals surface area contributed by atoms with Crippen molar-refractivity contribution in [2.24, 2.45) is 5.41 Å². The first-order chi connectivity index (χ1) is 11.5. The molecule has 0 fully saturated rings. The van der Waals surface area contributed by atoms with Crippen LogP contribution in [-0.4, -0.2) is 25.0 Å². The zero-order valence-corrected chi connectivity index (χ0v) is 19.5. The van der Waals surface area contributed by atoms with Gasteiger partial charge in [0.05, 0.1) is 0 Å². The average Bonchev–Trinajstić information content (AvgIpc) is 2.43. The van der Waals surface area contributed by atoms with Gasteiger partial charge in [-0.15, -0.1) is 13.2 Å². The van der Waals surface area contributed by atoms with Crippen molar-refractivity contribution in [3.63, 3.8) is 0 Å². The number of carboxylic acid groups (broad SMARTS) is 1. The number of allylic oxidation sites excluding steroid dienone is 2. The largest absolute Gasteiger partial charge is 0.479 e. The van der Waals surface area contributed by atoms with Crippen LogP contribution in [0, 0.1) is 5.41 Å². The van der Waals surface area contributed by atoms with E-state index in [4.69, 9.17) is 4.43 Å². The maximum absolute atomic E-state index is 12.7. The molecular formula is C22H40O3Si. The molecule has 26 heavy (non-hydrogen) atoms. The Kier molecular flexibility index (Phi) is 8.32. The Labute approximate surface area is 162 Å². The molecule has 0 unspecified atom stereocenters. The summed E-state index contributed by atoms with van der Waals surface area (Å²) >= 11 is 0. The molecule has 1 N–H and O–H groups in total. The van der Waals surface area contributed by atoms with Crippen LogP contribution in [0.4, 0.5) is 0 Å². The highest BCUT2D eigenvalue weighted by Crippen LogP contribution is 2.49. The Morgan fingerprint density at radius 2 is 1.65 bits per heavy atom. The van der Waals surface area contributed by atoms with Crippen molar-refractivity contribution in [2.45, 2.75) is 91.5 Å². The molecular weight excluding hydrogens is 340 g/mol. The smallest absolute Gasteiger partial charge is 0.336 e. The topological polar surface area (TPSA) is 46.5 Å². The highest BCUT2D eigenvalue weighted by Gasteiger charge is 2.57. The first kappa shape index (κ1) is 24.9. The van der Waals surface area contributed by atoms with E-state index in [1.54, 1.807) is 6.08 Å². The van der Waals surface area contributed by atoms with Gasteiger partial charge in [-0.05, 0) is 51.7 Å². The van der Waals surface area contributed by atoms with E-state index in [2.05, 4.69) is 66.9 Å². The van der Waals surface area contributed by atoms with Gasteiger partial charge in [0, 0.05) is 11.8 Å². The van der Waals surface area contributed by atoms with Gasteiger partial charge in [-0.25, -0.2) is 4.79 Å². The van der Waals surface area contributed by atoms with Crippen molar-refractivity contribution in [3.05, 3.63) is 36.5 Å². The number of carboxylic acids is 1. The molecule has 0 heterocycles. The van der Waals surface area contributed by atoms with E-state index in [1.807, 2.05) is 13.8 Å². The number of aliphatic carboxylic acids is 1. The molecule has 0 aliphatic carbocycles. The van der Waals surface area contributed by atoms with E-state index >= 15 is 0 Å². The number of rotatable bonds is 10. The van der Waals surface area contributed by atoms with Crippen LogP contribution in [0.15, 0.2) is 36.5 Å². The molecule has 0 amide bonds. The van der Waals surface area contributed by atoms with Gasteiger partial charge in [-0.3, -0.25) is 0 Å². The second-order valence-electron chi connectivity index (χ2n) is 9.57. The molecule has 0 aliphatic rings. The Hall–Kier alpha value is -1.13. The van der Waals surface area contributed by atoms with Crippen LogP contribution in [0.25, 0.3) is 0 Å². The number of hydrogen-bond acceptors (Lipinski definition) is 2. The van der Waals surface area contributed by atoms with Gasteiger partial charge in [0.1, 0.15) is 0 Å². The van der Waals surface area contributed by atoms with E-state index in [0.717, 1.165) is 12.0 Å². The van der Waals surface area contributed by atoms with Gasteiger partial charge < -0.3 is 9.53 Å². The van der Waals surface area contributed by atoms with Crippen LogP contribution in [0.3, 0.4) is 0 Å². The van der Waals surface area contributed by atoms with Crippen LogP contribution in [0.2, 0.25) is 18.1 Å². The lowest BCUT2D eigenvalue weighted by Crippen LogP contribution is -2.61. The molecule has 0 aliphatic heterocycles. The second-order valence-corrected chi connectivity index (χ2v) is 14.3.